The Labute approximate surface area is 94.9 Å². The van der Waals surface area contributed by atoms with Gasteiger partial charge in [0.15, 0.2) is 0 Å². The summed E-state index contributed by atoms with van der Waals surface area (Å²) in [6, 6.07) is 5.73. The third-order valence-electron chi connectivity index (χ3n) is 2.83. The molecule has 1 heterocycles. The lowest BCUT2D eigenvalue weighted by Gasteiger charge is -2.04. The van der Waals surface area contributed by atoms with Crippen molar-refractivity contribution in [3.8, 4) is 0 Å². The zero-order valence-corrected chi connectivity index (χ0v) is 9.79. The SMILES string of the molecule is CNC(=O)c1ccc2[nH]cc(C(C)C)c2c1. The molecule has 3 nitrogen and oxygen atoms in total. The van der Waals surface area contributed by atoms with E-state index in [0.29, 0.717) is 11.5 Å². The molecule has 1 aromatic heterocycles. The Hall–Kier alpha value is -1.77. The Morgan fingerprint density at radius 2 is 2.12 bits per heavy atom. The summed E-state index contributed by atoms with van der Waals surface area (Å²) in [7, 11) is 1.65. The summed E-state index contributed by atoms with van der Waals surface area (Å²) in [5.41, 5.74) is 3.04. The molecule has 0 spiro atoms. The highest BCUT2D eigenvalue weighted by molar-refractivity contribution is 5.98. The average Bonchev–Trinajstić information content (AvgIpc) is 2.70. The number of carbonyl (C=O) groups is 1. The van der Waals surface area contributed by atoms with Gasteiger partial charge in [-0.25, -0.2) is 0 Å². The van der Waals surface area contributed by atoms with Crippen LogP contribution in [0.4, 0.5) is 0 Å². The van der Waals surface area contributed by atoms with Crippen molar-refractivity contribution in [1.82, 2.24) is 10.3 Å². The van der Waals surface area contributed by atoms with Crippen LogP contribution in [0.3, 0.4) is 0 Å². The van der Waals surface area contributed by atoms with Crippen LogP contribution in [0.2, 0.25) is 0 Å². The molecule has 2 N–H and O–H groups in total. The molecule has 0 aliphatic rings. The van der Waals surface area contributed by atoms with Crippen molar-refractivity contribution in [1.29, 1.82) is 0 Å². The van der Waals surface area contributed by atoms with Crippen molar-refractivity contribution in [2.75, 3.05) is 7.05 Å². The van der Waals surface area contributed by atoms with Gasteiger partial charge in [-0.3, -0.25) is 4.79 Å². The van der Waals surface area contributed by atoms with E-state index in [1.165, 1.54) is 5.56 Å². The van der Waals surface area contributed by atoms with Crippen LogP contribution in [0.25, 0.3) is 10.9 Å². The molecule has 84 valence electrons. The molecule has 0 aliphatic heterocycles. The maximum atomic E-state index is 11.5. The van der Waals surface area contributed by atoms with E-state index < -0.39 is 0 Å². The van der Waals surface area contributed by atoms with Gasteiger partial charge in [-0.1, -0.05) is 13.8 Å². The van der Waals surface area contributed by atoms with Crippen molar-refractivity contribution in [3.63, 3.8) is 0 Å². The molecule has 0 saturated carbocycles. The highest BCUT2D eigenvalue weighted by atomic mass is 16.1. The number of aromatic amines is 1. The number of nitrogens with one attached hydrogen (secondary N) is 2. The Morgan fingerprint density at radius 3 is 2.75 bits per heavy atom. The van der Waals surface area contributed by atoms with Crippen LogP contribution in [-0.2, 0) is 0 Å². The lowest BCUT2D eigenvalue weighted by Crippen LogP contribution is -2.17. The van der Waals surface area contributed by atoms with Crippen LogP contribution in [0.5, 0.6) is 0 Å². The molecule has 0 aliphatic carbocycles. The normalized spacial score (nSPS) is 11.0. The van der Waals surface area contributed by atoms with E-state index in [-0.39, 0.29) is 5.91 Å². The smallest absolute Gasteiger partial charge is 0.251 e. The van der Waals surface area contributed by atoms with Gasteiger partial charge in [-0.05, 0) is 29.7 Å². The summed E-state index contributed by atoms with van der Waals surface area (Å²) in [6.45, 7) is 4.30. The molecule has 0 fully saturated rings. The van der Waals surface area contributed by atoms with Gasteiger partial charge in [0.1, 0.15) is 0 Å². The van der Waals surface area contributed by atoms with Crippen LogP contribution in [0, 0.1) is 0 Å². The van der Waals surface area contributed by atoms with E-state index in [0.717, 1.165) is 10.9 Å². The molecule has 0 unspecified atom stereocenters. The molecule has 0 atom stereocenters. The molecule has 1 aromatic carbocycles. The monoisotopic (exact) mass is 216 g/mol. The summed E-state index contributed by atoms with van der Waals surface area (Å²) >= 11 is 0. The lowest BCUT2D eigenvalue weighted by molar-refractivity contribution is 0.0963. The van der Waals surface area contributed by atoms with Crippen molar-refractivity contribution in [2.45, 2.75) is 19.8 Å². The van der Waals surface area contributed by atoms with E-state index in [2.05, 4.69) is 24.1 Å². The second-order valence-corrected chi connectivity index (χ2v) is 4.24. The van der Waals surface area contributed by atoms with Crippen molar-refractivity contribution in [2.24, 2.45) is 0 Å². The van der Waals surface area contributed by atoms with Gasteiger partial charge in [0.25, 0.3) is 5.91 Å². The number of rotatable bonds is 2. The standard InChI is InChI=1S/C13H16N2O/c1-8(2)11-7-15-12-5-4-9(6-10(11)12)13(16)14-3/h4-8,15H,1-3H3,(H,14,16). The minimum atomic E-state index is -0.0437. The first-order valence-electron chi connectivity index (χ1n) is 5.46. The maximum Gasteiger partial charge on any atom is 0.251 e. The summed E-state index contributed by atoms with van der Waals surface area (Å²) in [5, 5.41) is 3.77. The van der Waals surface area contributed by atoms with Crippen LogP contribution in [0.1, 0.15) is 35.7 Å². The van der Waals surface area contributed by atoms with Crippen LogP contribution < -0.4 is 5.32 Å². The van der Waals surface area contributed by atoms with Gasteiger partial charge in [0, 0.05) is 29.7 Å². The highest BCUT2D eigenvalue weighted by Crippen LogP contribution is 2.25. The van der Waals surface area contributed by atoms with Gasteiger partial charge < -0.3 is 10.3 Å². The molecule has 2 aromatic rings. The minimum absolute atomic E-state index is 0.0437. The van der Waals surface area contributed by atoms with Crippen LogP contribution in [0.15, 0.2) is 24.4 Å². The number of carbonyl (C=O) groups excluding carboxylic acids is 1. The van der Waals surface area contributed by atoms with Gasteiger partial charge in [0.2, 0.25) is 0 Å². The zero-order chi connectivity index (χ0) is 11.7. The first kappa shape index (κ1) is 10.7. The topological polar surface area (TPSA) is 44.9 Å². The quantitative estimate of drug-likeness (QED) is 0.796. The summed E-state index contributed by atoms with van der Waals surface area (Å²) in [6.07, 6.45) is 2.02. The van der Waals surface area contributed by atoms with E-state index in [9.17, 15) is 4.79 Å². The third-order valence-corrected chi connectivity index (χ3v) is 2.83. The minimum Gasteiger partial charge on any atom is -0.361 e. The Morgan fingerprint density at radius 1 is 1.38 bits per heavy atom. The van der Waals surface area contributed by atoms with Crippen molar-refractivity contribution >= 4 is 16.8 Å². The first-order valence-corrected chi connectivity index (χ1v) is 5.46. The third kappa shape index (κ3) is 1.69. The highest BCUT2D eigenvalue weighted by Gasteiger charge is 2.10. The number of aromatic nitrogens is 1. The Kier molecular flexibility index (Phi) is 2.69. The predicted octanol–water partition coefficient (Wildman–Crippen LogP) is 2.65. The van der Waals surface area contributed by atoms with E-state index >= 15 is 0 Å². The Bertz CT molecular complexity index is 526. The molecule has 0 radical (unpaired) electrons. The molecule has 1 amide bonds. The largest absolute Gasteiger partial charge is 0.361 e. The second-order valence-electron chi connectivity index (χ2n) is 4.24. The molecule has 16 heavy (non-hydrogen) atoms. The molecular formula is C13H16N2O. The Balaban J connectivity index is 2.58. The van der Waals surface area contributed by atoms with E-state index in [1.54, 1.807) is 7.05 Å². The molecular weight excluding hydrogens is 200 g/mol. The molecule has 2 rings (SSSR count). The van der Waals surface area contributed by atoms with Gasteiger partial charge in [-0.15, -0.1) is 0 Å². The number of hydrogen-bond acceptors (Lipinski definition) is 1. The fourth-order valence-corrected chi connectivity index (χ4v) is 1.91. The van der Waals surface area contributed by atoms with E-state index in [1.807, 2.05) is 24.4 Å². The van der Waals surface area contributed by atoms with Crippen LogP contribution in [-0.4, -0.2) is 17.9 Å². The first-order chi connectivity index (χ1) is 7.63. The van der Waals surface area contributed by atoms with Crippen LogP contribution >= 0.6 is 0 Å². The fourth-order valence-electron chi connectivity index (χ4n) is 1.91. The second kappa shape index (κ2) is 4.00. The predicted molar refractivity (Wildman–Crippen MR) is 65.8 cm³/mol. The van der Waals surface area contributed by atoms with Gasteiger partial charge in [0.05, 0.1) is 0 Å². The fraction of sp³-hybridized carbons (Fsp3) is 0.308. The molecule has 3 heteroatoms. The maximum absolute atomic E-state index is 11.5. The number of benzene rings is 1. The number of H-pyrrole nitrogens is 1. The number of hydrogen-bond donors (Lipinski definition) is 2. The van der Waals surface area contributed by atoms with Crippen molar-refractivity contribution in [3.05, 3.63) is 35.5 Å². The summed E-state index contributed by atoms with van der Waals surface area (Å²) in [4.78, 5) is 14.8. The molecule has 0 saturated heterocycles. The zero-order valence-electron chi connectivity index (χ0n) is 9.79. The molecule has 0 bridgehead atoms. The number of fused-ring (bicyclic) bond motifs is 1. The average molecular weight is 216 g/mol. The van der Waals surface area contributed by atoms with E-state index in [4.69, 9.17) is 0 Å². The summed E-state index contributed by atoms with van der Waals surface area (Å²) in [5.74, 6) is 0.409. The van der Waals surface area contributed by atoms with Gasteiger partial charge >= 0.3 is 0 Å². The lowest BCUT2D eigenvalue weighted by atomic mass is 10.0. The number of amides is 1. The summed E-state index contributed by atoms with van der Waals surface area (Å²) < 4.78 is 0. The van der Waals surface area contributed by atoms with Crippen molar-refractivity contribution < 1.29 is 4.79 Å². The van der Waals surface area contributed by atoms with Gasteiger partial charge in [-0.2, -0.15) is 0 Å².